The number of aromatic nitrogens is 1. The van der Waals surface area contributed by atoms with Crippen molar-refractivity contribution in [3.8, 4) is 0 Å². The van der Waals surface area contributed by atoms with Crippen molar-refractivity contribution in [2.45, 2.75) is 56.0 Å². The molecule has 0 spiro atoms. The molecule has 102 valence electrons. The SMILES string of the molecule is CCCCC(CC)c1ccc(SC(F)(F)F)nc1. The molecule has 0 saturated heterocycles. The molecule has 0 amide bonds. The van der Waals surface area contributed by atoms with E-state index in [1.54, 1.807) is 12.3 Å². The molecule has 18 heavy (non-hydrogen) atoms. The lowest BCUT2D eigenvalue weighted by molar-refractivity contribution is -0.0329. The molecule has 0 radical (unpaired) electrons. The Hall–Kier alpha value is -0.710. The van der Waals surface area contributed by atoms with Crippen molar-refractivity contribution in [3.05, 3.63) is 23.9 Å². The van der Waals surface area contributed by atoms with E-state index < -0.39 is 5.51 Å². The van der Waals surface area contributed by atoms with Gasteiger partial charge in [-0.3, -0.25) is 0 Å². The maximum Gasteiger partial charge on any atom is 0.447 e. The summed E-state index contributed by atoms with van der Waals surface area (Å²) >= 11 is -0.164. The summed E-state index contributed by atoms with van der Waals surface area (Å²) in [5.41, 5.74) is -3.22. The number of pyridine rings is 1. The molecule has 0 bridgehead atoms. The van der Waals surface area contributed by atoms with E-state index in [0.717, 1.165) is 31.2 Å². The van der Waals surface area contributed by atoms with Crippen molar-refractivity contribution in [3.63, 3.8) is 0 Å². The molecule has 0 aromatic carbocycles. The van der Waals surface area contributed by atoms with Crippen molar-refractivity contribution in [2.24, 2.45) is 0 Å². The van der Waals surface area contributed by atoms with Crippen LogP contribution < -0.4 is 0 Å². The number of rotatable bonds is 6. The van der Waals surface area contributed by atoms with Crippen LogP contribution in [0.4, 0.5) is 13.2 Å². The van der Waals surface area contributed by atoms with Crippen LogP contribution in [0.2, 0.25) is 0 Å². The summed E-state index contributed by atoms with van der Waals surface area (Å²) in [6, 6.07) is 3.23. The van der Waals surface area contributed by atoms with Gasteiger partial charge in [-0.1, -0.05) is 32.8 Å². The van der Waals surface area contributed by atoms with Crippen molar-refractivity contribution in [1.29, 1.82) is 0 Å². The number of alkyl halides is 3. The van der Waals surface area contributed by atoms with Gasteiger partial charge in [-0.05, 0) is 30.4 Å². The summed E-state index contributed by atoms with van der Waals surface area (Å²) < 4.78 is 36.5. The lowest BCUT2D eigenvalue weighted by atomic mass is 9.93. The summed E-state index contributed by atoms with van der Waals surface area (Å²) in [4.78, 5) is 3.88. The Balaban J connectivity index is 2.68. The predicted octanol–water partition coefficient (Wildman–Crippen LogP) is 5.38. The van der Waals surface area contributed by atoms with Gasteiger partial charge in [-0.25, -0.2) is 4.98 Å². The first-order chi connectivity index (χ1) is 8.46. The van der Waals surface area contributed by atoms with Gasteiger partial charge in [-0.2, -0.15) is 13.2 Å². The van der Waals surface area contributed by atoms with Crippen LogP contribution in [0.25, 0.3) is 0 Å². The van der Waals surface area contributed by atoms with Crippen LogP contribution in [0.1, 0.15) is 51.0 Å². The van der Waals surface area contributed by atoms with E-state index in [1.165, 1.54) is 6.07 Å². The molecule has 0 aliphatic carbocycles. The molecule has 1 aromatic rings. The molecule has 1 atom stereocenters. The second-order valence-corrected chi connectivity index (χ2v) is 5.31. The number of halogens is 3. The Morgan fingerprint density at radius 2 is 2.00 bits per heavy atom. The standard InChI is InChI=1S/C13H18F3NS/c1-3-5-6-10(4-2)11-7-8-12(17-9-11)18-13(14,15)16/h7-10H,3-6H2,1-2H3. The van der Waals surface area contributed by atoms with Gasteiger partial charge in [-0.15, -0.1) is 0 Å². The van der Waals surface area contributed by atoms with E-state index in [0.29, 0.717) is 5.92 Å². The minimum Gasteiger partial charge on any atom is -0.249 e. The normalized spacial score (nSPS) is 13.6. The van der Waals surface area contributed by atoms with Gasteiger partial charge in [0.25, 0.3) is 0 Å². The topological polar surface area (TPSA) is 12.9 Å². The maximum absolute atomic E-state index is 12.2. The molecule has 0 N–H and O–H groups in total. The van der Waals surface area contributed by atoms with Crippen LogP contribution in [0.5, 0.6) is 0 Å². The Kier molecular flexibility index (Phi) is 5.99. The largest absolute Gasteiger partial charge is 0.447 e. The third-order valence-electron chi connectivity index (χ3n) is 2.85. The quantitative estimate of drug-likeness (QED) is 0.648. The van der Waals surface area contributed by atoms with E-state index in [1.807, 2.05) is 0 Å². The minimum absolute atomic E-state index is 0.0107. The van der Waals surface area contributed by atoms with Gasteiger partial charge in [0.15, 0.2) is 0 Å². The fraction of sp³-hybridized carbons (Fsp3) is 0.615. The smallest absolute Gasteiger partial charge is 0.249 e. The molecule has 0 aliphatic heterocycles. The van der Waals surface area contributed by atoms with Crippen LogP contribution in [-0.2, 0) is 0 Å². The molecule has 1 unspecified atom stereocenters. The van der Waals surface area contributed by atoms with Gasteiger partial charge in [0.05, 0.1) is 0 Å². The third-order valence-corrected chi connectivity index (χ3v) is 3.53. The lowest BCUT2D eigenvalue weighted by Crippen LogP contribution is -2.02. The first-order valence-corrected chi connectivity index (χ1v) is 6.99. The highest BCUT2D eigenvalue weighted by molar-refractivity contribution is 8.00. The summed E-state index contributed by atoms with van der Waals surface area (Å²) in [6.45, 7) is 4.23. The monoisotopic (exact) mass is 277 g/mol. The van der Waals surface area contributed by atoms with Crippen LogP contribution in [0.3, 0.4) is 0 Å². The third kappa shape index (κ3) is 5.29. The molecule has 1 rings (SSSR count). The molecule has 1 nitrogen and oxygen atoms in total. The van der Waals surface area contributed by atoms with E-state index in [-0.39, 0.29) is 16.8 Å². The zero-order valence-electron chi connectivity index (χ0n) is 10.6. The second kappa shape index (κ2) is 7.02. The van der Waals surface area contributed by atoms with Crippen molar-refractivity contribution in [2.75, 3.05) is 0 Å². The Morgan fingerprint density at radius 1 is 1.28 bits per heavy atom. The van der Waals surface area contributed by atoms with Gasteiger partial charge in [0.1, 0.15) is 5.03 Å². The van der Waals surface area contributed by atoms with Crippen LogP contribution >= 0.6 is 11.8 Å². The van der Waals surface area contributed by atoms with Gasteiger partial charge < -0.3 is 0 Å². The van der Waals surface area contributed by atoms with E-state index in [4.69, 9.17) is 0 Å². The number of unbranched alkanes of at least 4 members (excludes halogenated alkanes) is 1. The predicted molar refractivity (Wildman–Crippen MR) is 68.7 cm³/mol. The number of thioether (sulfide) groups is 1. The Bertz CT molecular complexity index is 348. The van der Waals surface area contributed by atoms with Gasteiger partial charge in [0.2, 0.25) is 0 Å². The average Bonchev–Trinajstić information content (AvgIpc) is 2.30. The fourth-order valence-electron chi connectivity index (χ4n) is 1.87. The molecule has 5 heteroatoms. The first-order valence-electron chi connectivity index (χ1n) is 6.18. The zero-order valence-corrected chi connectivity index (χ0v) is 11.4. The zero-order chi connectivity index (χ0) is 13.6. The molecule has 1 aromatic heterocycles. The van der Waals surface area contributed by atoms with Crippen molar-refractivity contribution in [1.82, 2.24) is 4.98 Å². The highest BCUT2D eigenvalue weighted by Gasteiger charge is 2.29. The van der Waals surface area contributed by atoms with E-state index in [9.17, 15) is 13.2 Å². The van der Waals surface area contributed by atoms with Crippen molar-refractivity contribution < 1.29 is 13.2 Å². The summed E-state index contributed by atoms with van der Waals surface area (Å²) in [5, 5.41) is 0.0107. The molecule has 1 heterocycles. The number of hydrogen-bond donors (Lipinski definition) is 0. The van der Waals surface area contributed by atoms with E-state index in [2.05, 4.69) is 18.8 Å². The van der Waals surface area contributed by atoms with Crippen molar-refractivity contribution >= 4 is 11.8 Å². The van der Waals surface area contributed by atoms with Crippen LogP contribution in [-0.4, -0.2) is 10.5 Å². The summed E-state index contributed by atoms with van der Waals surface area (Å²) in [5.74, 6) is 0.405. The molecule has 0 saturated carbocycles. The van der Waals surface area contributed by atoms with E-state index >= 15 is 0 Å². The number of hydrogen-bond acceptors (Lipinski definition) is 2. The molecule has 0 aliphatic rings. The fourth-order valence-corrected chi connectivity index (χ4v) is 2.35. The number of nitrogens with zero attached hydrogens (tertiary/aromatic N) is 1. The average molecular weight is 277 g/mol. The highest BCUT2D eigenvalue weighted by Crippen LogP contribution is 2.36. The highest BCUT2D eigenvalue weighted by atomic mass is 32.2. The van der Waals surface area contributed by atoms with Crippen LogP contribution in [0, 0.1) is 0 Å². The summed E-state index contributed by atoms with van der Waals surface area (Å²) in [7, 11) is 0. The molecule has 0 fully saturated rings. The second-order valence-electron chi connectivity index (χ2n) is 4.22. The lowest BCUT2D eigenvalue weighted by Gasteiger charge is -2.14. The molecular formula is C13H18F3NS. The van der Waals surface area contributed by atoms with Gasteiger partial charge in [0, 0.05) is 18.0 Å². The Morgan fingerprint density at radius 3 is 2.44 bits per heavy atom. The summed E-state index contributed by atoms with van der Waals surface area (Å²) in [6.07, 6.45) is 5.91. The maximum atomic E-state index is 12.2. The van der Waals surface area contributed by atoms with Crippen LogP contribution in [0.15, 0.2) is 23.4 Å². The Labute approximate surface area is 110 Å². The van der Waals surface area contributed by atoms with Gasteiger partial charge >= 0.3 is 5.51 Å². The molecular weight excluding hydrogens is 259 g/mol. The first kappa shape index (κ1) is 15.3. The minimum atomic E-state index is -4.26.